The standard InChI is InChI=1S/C30H30N2/c1-7-12-24(17-19(2)3)27-18-20(4)31-29-25(27)15-11-16-26-28(23-13-9-8-10-14-23)21(5)22(6)32-30(26)29/h7-15,17-18H,2,16H2,1,3-6H3/b12-7-,24-17+. The van der Waals surface area contributed by atoms with Crippen LogP contribution in [0.1, 0.15) is 47.5 Å². The van der Waals surface area contributed by atoms with Crippen LogP contribution in [0.25, 0.3) is 34.2 Å². The average Bonchev–Trinajstić information content (AvgIpc) is 2.93. The summed E-state index contributed by atoms with van der Waals surface area (Å²) in [6.07, 6.45) is 11.6. The number of allylic oxidation sites excluding steroid dienone is 6. The number of aryl methyl sites for hydroxylation is 2. The Balaban J connectivity index is 2.07. The number of rotatable bonds is 4. The van der Waals surface area contributed by atoms with Crippen LogP contribution in [0.3, 0.4) is 0 Å². The van der Waals surface area contributed by atoms with Crippen molar-refractivity contribution in [1.29, 1.82) is 0 Å². The van der Waals surface area contributed by atoms with E-state index in [2.05, 4.69) is 94.1 Å². The minimum Gasteiger partial charge on any atom is -0.251 e. The number of benzene rings is 1. The Hall–Kier alpha value is -3.52. The summed E-state index contributed by atoms with van der Waals surface area (Å²) in [4.78, 5) is 10.1. The van der Waals surface area contributed by atoms with Gasteiger partial charge in [0.2, 0.25) is 0 Å². The van der Waals surface area contributed by atoms with Crippen LogP contribution in [0.4, 0.5) is 0 Å². The van der Waals surface area contributed by atoms with Crippen LogP contribution in [0.5, 0.6) is 0 Å². The third-order valence-corrected chi connectivity index (χ3v) is 5.92. The Bertz CT molecular complexity index is 1290. The molecule has 0 saturated heterocycles. The zero-order valence-corrected chi connectivity index (χ0v) is 19.7. The molecule has 1 aliphatic carbocycles. The van der Waals surface area contributed by atoms with Crippen LogP contribution < -0.4 is 0 Å². The van der Waals surface area contributed by atoms with Gasteiger partial charge < -0.3 is 0 Å². The van der Waals surface area contributed by atoms with Crippen molar-refractivity contribution < 1.29 is 0 Å². The summed E-state index contributed by atoms with van der Waals surface area (Å²) in [6, 6.07) is 12.8. The Kier molecular flexibility index (Phi) is 6.05. The number of nitrogens with zero attached hydrogens (tertiary/aromatic N) is 2. The largest absolute Gasteiger partial charge is 0.251 e. The third kappa shape index (κ3) is 4.01. The van der Waals surface area contributed by atoms with Crippen molar-refractivity contribution in [2.24, 2.45) is 0 Å². The van der Waals surface area contributed by atoms with Gasteiger partial charge in [0.15, 0.2) is 0 Å². The molecule has 0 atom stereocenters. The molecule has 160 valence electrons. The summed E-state index contributed by atoms with van der Waals surface area (Å²) in [6.45, 7) is 14.5. The first-order valence-corrected chi connectivity index (χ1v) is 11.1. The van der Waals surface area contributed by atoms with Gasteiger partial charge in [-0.05, 0) is 80.5 Å². The summed E-state index contributed by atoms with van der Waals surface area (Å²) < 4.78 is 0. The second kappa shape index (κ2) is 8.92. The van der Waals surface area contributed by atoms with E-state index in [4.69, 9.17) is 9.97 Å². The lowest BCUT2D eigenvalue weighted by atomic mass is 9.90. The van der Waals surface area contributed by atoms with Crippen LogP contribution in [0, 0.1) is 20.8 Å². The number of pyridine rings is 2. The molecule has 1 aliphatic rings. The second-order valence-electron chi connectivity index (χ2n) is 8.52. The average molecular weight is 419 g/mol. The molecule has 2 nitrogen and oxygen atoms in total. The molecule has 0 bridgehead atoms. The van der Waals surface area contributed by atoms with E-state index < -0.39 is 0 Å². The Morgan fingerprint density at radius 3 is 2.47 bits per heavy atom. The molecule has 1 aromatic carbocycles. The fraction of sp³-hybridized carbons (Fsp3) is 0.200. The first-order valence-electron chi connectivity index (χ1n) is 11.1. The lowest BCUT2D eigenvalue weighted by Gasteiger charge is -2.19. The van der Waals surface area contributed by atoms with Gasteiger partial charge in [-0.25, -0.2) is 0 Å². The molecule has 0 saturated carbocycles. The summed E-state index contributed by atoms with van der Waals surface area (Å²) >= 11 is 0. The SMILES string of the molecule is C=C(C)/C=C(\C=C/C)c1cc(C)nc2c1C=CCc1c-2nc(C)c(C)c1-c1ccccc1. The predicted molar refractivity (Wildman–Crippen MR) is 137 cm³/mol. The molecule has 0 radical (unpaired) electrons. The van der Waals surface area contributed by atoms with E-state index >= 15 is 0 Å². The Morgan fingerprint density at radius 1 is 1.03 bits per heavy atom. The number of hydrogen-bond donors (Lipinski definition) is 0. The van der Waals surface area contributed by atoms with Crippen molar-refractivity contribution >= 4 is 11.6 Å². The van der Waals surface area contributed by atoms with E-state index in [1.54, 1.807) is 0 Å². The highest BCUT2D eigenvalue weighted by Gasteiger charge is 2.23. The van der Waals surface area contributed by atoms with E-state index in [-0.39, 0.29) is 0 Å². The Morgan fingerprint density at radius 2 is 1.78 bits per heavy atom. The number of aromatic nitrogens is 2. The second-order valence-corrected chi connectivity index (χ2v) is 8.52. The summed E-state index contributed by atoms with van der Waals surface area (Å²) in [7, 11) is 0. The minimum atomic E-state index is 0.825. The van der Waals surface area contributed by atoms with Crippen LogP contribution in [-0.4, -0.2) is 9.97 Å². The fourth-order valence-corrected chi connectivity index (χ4v) is 4.46. The van der Waals surface area contributed by atoms with Crippen LogP contribution in [-0.2, 0) is 6.42 Å². The van der Waals surface area contributed by atoms with Crippen LogP contribution in [0.2, 0.25) is 0 Å². The molecule has 0 unspecified atom stereocenters. The molecule has 32 heavy (non-hydrogen) atoms. The molecule has 0 spiro atoms. The molecule has 0 fully saturated rings. The Labute approximate surface area is 191 Å². The van der Waals surface area contributed by atoms with E-state index in [0.717, 1.165) is 45.9 Å². The smallest absolute Gasteiger partial charge is 0.0970 e. The highest BCUT2D eigenvalue weighted by atomic mass is 14.8. The summed E-state index contributed by atoms with van der Waals surface area (Å²) in [5, 5.41) is 0. The molecule has 2 aromatic heterocycles. The van der Waals surface area contributed by atoms with Crippen molar-refractivity contribution in [3.63, 3.8) is 0 Å². The maximum Gasteiger partial charge on any atom is 0.0970 e. The normalized spacial score (nSPS) is 13.1. The molecular weight excluding hydrogens is 388 g/mol. The molecule has 0 amide bonds. The van der Waals surface area contributed by atoms with Gasteiger partial charge in [0, 0.05) is 17.0 Å². The molecule has 2 heterocycles. The first kappa shape index (κ1) is 21.7. The van der Waals surface area contributed by atoms with Gasteiger partial charge in [0.05, 0.1) is 11.4 Å². The van der Waals surface area contributed by atoms with Gasteiger partial charge in [-0.15, -0.1) is 0 Å². The molecular formula is C30H30N2. The first-order chi connectivity index (χ1) is 15.4. The quantitative estimate of drug-likeness (QED) is 0.403. The van der Waals surface area contributed by atoms with E-state index in [0.29, 0.717) is 0 Å². The highest BCUT2D eigenvalue weighted by molar-refractivity contribution is 5.90. The highest BCUT2D eigenvalue weighted by Crippen LogP contribution is 2.40. The molecule has 0 N–H and O–H groups in total. The fourth-order valence-electron chi connectivity index (χ4n) is 4.46. The summed E-state index contributed by atoms with van der Waals surface area (Å²) in [5.74, 6) is 0. The maximum absolute atomic E-state index is 5.09. The molecule has 4 rings (SSSR count). The van der Waals surface area contributed by atoms with E-state index in [1.165, 1.54) is 27.8 Å². The van der Waals surface area contributed by atoms with Gasteiger partial charge in [-0.1, -0.05) is 72.9 Å². The number of fused-ring (bicyclic) bond motifs is 3. The van der Waals surface area contributed by atoms with Gasteiger partial charge in [0.25, 0.3) is 0 Å². The third-order valence-electron chi connectivity index (χ3n) is 5.92. The molecule has 2 heteroatoms. The molecule has 0 aliphatic heterocycles. The lowest BCUT2D eigenvalue weighted by molar-refractivity contribution is 1.08. The van der Waals surface area contributed by atoms with Crippen LogP contribution in [0.15, 0.2) is 72.9 Å². The van der Waals surface area contributed by atoms with Gasteiger partial charge >= 0.3 is 0 Å². The van der Waals surface area contributed by atoms with Crippen molar-refractivity contribution in [3.05, 3.63) is 106 Å². The van der Waals surface area contributed by atoms with Crippen LogP contribution >= 0.6 is 0 Å². The number of hydrogen-bond acceptors (Lipinski definition) is 2. The van der Waals surface area contributed by atoms with E-state index in [1.807, 2.05) is 13.8 Å². The topological polar surface area (TPSA) is 25.8 Å². The van der Waals surface area contributed by atoms with Crippen molar-refractivity contribution in [3.8, 4) is 22.5 Å². The van der Waals surface area contributed by atoms with Gasteiger partial charge in [0.1, 0.15) is 0 Å². The zero-order chi connectivity index (χ0) is 22.8. The molecule has 3 aromatic rings. The van der Waals surface area contributed by atoms with Crippen molar-refractivity contribution in [2.45, 2.75) is 41.0 Å². The van der Waals surface area contributed by atoms with Crippen molar-refractivity contribution in [2.75, 3.05) is 0 Å². The predicted octanol–water partition coefficient (Wildman–Crippen LogP) is 7.84. The van der Waals surface area contributed by atoms with E-state index in [9.17, 15) is 0 Å². The van der Waals surface area contributed by atoms with Gasteiger partial charge in [-0.2, -0.15) is 0 Å². The van der Waals surface area contributed by atoms with Gasteiger partial charge in [-0.3, -0.25) is 9.97 Å². The maximum atomic E-state index is 5.09. The van der Waals surface area contributed by atoms with Crippen molar-refractivity contribution in [1.82, 2.24) is 9.97 Å². The lowest BCUT2D eigenvalue weighted by Crippen LogP contribution is -2.05. The monoisotopic (exact) mass is 418 g/mol. The summed E-state index contributed by atoms with van der Waals surface area (Å²) in [5.41, 5.74) is 13.4. The minimum absolute atomic E-state index is 0.825. The zero-order valence-electron chi connectivity index (χ0n) is 19.7.